The quantitative estimate of drug-likeness (QED) is 0.352. The summed E-state index contributed by atoms with van der Waals surface area (Å²) in [7, 11) is -4.04. The number of carbonyl (C=O) groups is 1. The van der Waals surface area contributed by atoms with Crippen LogP contribution in [-0.2, 0) is 16.6 Å². The third kappa shape index (κ3) is 5.24. The van der Waals surface area contributed by atoms with Gasteiger partial charge in [-0.3, -0.25) is 14.4 Å². The molecule has 1 heterocycles. The summed E-state index contributed by atoms with van der Waals surface area (Å²) in [6, 6.07) is 22.0. The summed E-state index contributed by atoms with van der Waals surface area (Å²) in [5.74, 6) is -0.436. The van der Waals surface area contributed by atoms with E-state index in [9.17, 15) is 13.2 Å². The number of aromatic nitrogens is 1. The molecule has 1 amide bonds. The lowest BCUT2D eigenvalue weighted by molar-refractivity contribution is 0.102. The number of hydrogen-bond donors (Lipinski definition) is 1. The topological polar surface area (TPSA) is 79.4 Å². The molecule has 0 spiro atoms. The molecular weight excluding hydrogens is 478 g/mol. The maximum absolute atomic E-state index is 13.8. The number of rotatable bonds is 7. The molecule has 0 saturated carbocycles. The first-order valence-corrected chi connectivity index (χ1v) is 12.7. The monoisotopic (exact) mass is 497 g/mol. The van der Waals surface area contributed by atoms with Crippen molar-refractivity contribution in [2.24, 2.45) is 0 Å². The number of nitrogens with zero attached hydrogens (tertiary/aromatic N) is 2. The van der Waals surface area contributed by atoms with Crippen molar-refractivity contribution in [3.8, 4) is 0 Å². The fraction of sp³-hybridized carbons (Fsp3) is 0.0833. The van der Waals surface area contributed by atoms with Gasteiger partial charge in [-0.1, -0.05) is 60.1 Å². The molecule has 0 fully saturated rings. The van der Waals surface area contributed by atoms with E-state index in [0.717, 1.165) is 11.3 Å². The second kappa shape index (κ2) is 9.74. The summed E-state index contributed by atoms with van der Waals surface area (Å²) in [6.07, 6.45) is 0. The third-order valence-corrected chi connectivity index (χ3v) is 7.76. The minimum atomic E-state index is -4.04. The molecule has 4 aromatic rings. The molecule has 168 valence electrons. The van der Waals surface area contributed by atoms with Crippen LogP contribution in [0.5, 0.6) is 0 Å². The third-order valence-electron chi connectivity index (χ3n) is 4.81. The Morgan fingerprint density at radius 2 is 1.76 bits per heavy atom. The van der Waals surface area contributed by atoms with Crippen molar-refractivity contribution in [3.05, 3.63) is 106 Å². The highest BCUT2D eigenvalue weighted by Crippen LogP contribution is 2.32. The molecule has 0 atom stereocenters. The molecule has 0 aliphatic heterocycles. The standard InChI is InChI=1S/C24H20ClN3O3S2/c1-17-16-32-24(26-17)27-23(29)19-10-7-11-20(14-19)33(30,31)28(15-18-8-3-2-4-9-18)22-13-6-5-12-21(22)25/h2-14,16H,15H2,1H3,(H,26,27,29). The number of amides is 1. The van der Waals surface area contributed by atoms with E-state index in [1.807, 2.05) is 42.6 Å². The number of anilines is 2. The number of benzene rings is 3. The van der Waals surface area contributed by atoms with Gasteiger partial charge in [0.2, 0.25) is 0 Å². The van der Waals surface area contributed by atoms with Crippen LogP contribution < -0.4 is 9.62 Å². The zero-order chi connectivity index (χ0) is 23.4. The van der Waals surface area contributed by atoms with Crippen molar-refractivity contribution < 1.29 is 13.2 Å². The first-order valence-electron chi connectivity index (χ1n) is 9.99. The predicted octanol–water partition coefficient (Wildman–Crippen LogP) is 5.75. The Hall–Kier alpha value is -3.20. The Kier molecular flexibility index (Phi) is 6.78. The molecule has 4 rings (SSSR count). The van der Waals surface area contributed by atoms with Crippen LogP contribution in [-0.4, -0.2) is 19.3 Å². The van der Waals surface area contributed by atoms with Crippen molar-refractivity contribution in [2.45, 2.75) is 18.4 Å². The Morgan fingerprint density at radius 3 is 2.45 bits per heavy atom. The summed E-state index contributed by atoms with van der Waals surface area (Å²) in [5.41, 5.74) is 2.16. The second-order valence-electron chi connectivity index (χ2n) is 7.22. The average Bonchev–Trinajstić information content (AvgIpc) is 3.23. The zero-order valence-electron chi connectivity index (χ0n) is 17.6. The highest BCUT2D eigenvalue weighted by Gasteiger charge is 2.27. The molecule has 0 unspecified atom stereocenters. The van der Waals surface area contributed by atoms with Gasteiger partial charge < -0.3 is 0 Å². The SMILES string of the molecule is Cc1csc(NC(=O)c2cccc(S(=O)(=O)N(Cc3ccccc3)c3ccccc3Cl)c2)n1. The van der Waals surface area contributed by atoms with Crippen molar-refractivity contribution in [1.29, 1.82) is 0 Å². The fourth-order valence-electron chi connectivity index (χ4n) is 3.21. The molecule has 1 N–H and O–H groups in total. The minimum Gasteiger partial charge on any atom is -0.298 e. The summed E-state index contributed by atoms with van der Waals surface area (Å²) >= 11 is 7.68. The van der Waals surface area contributed by atoms with Gasteiger partial charge in [0, 0.05) is 10.9 Å². The normalized spacial score (nSPS) is 11.2. The van der Waals surface area contributed by atoms with E-state index in [-0.39, 0.29) is 17.0 Å². The van der Waals surface area contributed by atoms with E-state index in [0.29, 0.717) is 15.8 Å². The number of thiazole rings is 1. The van der Waals surface area contributed by atoms with E-state index < -0.39 is 15.9 Å². The molecule has 0 saturated heterocycles. The van der Waals surface area contributed by atoms with Crippen molar-refractivity contribution in [1.82, 2.24) is 4.98 Å². The molecule has 0 aliphatic rings. The molecule has 6 nitrogen and oxygen atoms in total. The van der Waals surface area contributed by atoms with Gasteiger partial charge in [-0.25, -0.2) is 13.4 Å². The van der Waals surface area contributed by atoms with E-state index in [1.165, 1.54) is 27.8 Å². The molecule has 0 aliphatic carbocycles. The Balaban J connectivity index is 1.71. The largest absolute Gasteiger partial charge is 0.298 e. The molecule has 33 heavy (non-hydrogen) atoms. The fourth-order valence-corrected chi connectivity index (χ4v) is 5.70. The Morgan fingerprint density at radius 1 is 1.03 bits per heavy atom. The predicted molar refractivity (Wildman–Crippen MR) is 133 cm³/mol. The number of carbonyl (C=O) groups excluding carboxylic acids is 1. The summed E-state index contributed by atoms with van der Waals surface area (Å²) < 4.78 is 28.8. The lowest BCUT2D eigenvalue weighted by atomic mass is 10.2. The smallest absolute Gasteiger partial charge is 0.264 e. The average molecular weight is 498 g/mol. The van der Waals surface area contributed by atoms with Gasteiger partial charge in [0.25, 0.3) is 15.9 Å². The number of hydrogen-bond acceptors (Lipinski definition) is 5. The first-order chi connectivity index (χ1) is 15.8. The number of sulfonamides is 1. The Labute approximate surface area is 201 Å². The van der Waals surface area contributed by atoms with Crippen LogP contribution in [0.25, 0.3) is 0 Å². The van der Waals surface area contributed by atoms with Gasteiger partial charge in [0.15, 0.2) is 5.13 Å². The summed E-state index contributed by atoms with van der Waals surface area (Å²) in [4.78, 5) is 16.9. The molecule has 1 aromatic heterocycles. The van der Waals surface area contributed by atoms with Crippen molar-refractivity contribution >= 4 is 49.7 Å². The van der Waals surface area contributed by atoms with Crippen LogP contribution in [0.2, 0.25) is 5.02 Å². The molecule has 9 heteroatoms. The van der Waals surface area contributed by atoms with Crippen LogP contribution >= 0.6 is 22.9 Å². The number of halogens is 1. The van der Waals surface area contributed by atoms with Crippen molar-refractivity contribution in [2.75, 3.05) is 9.62 Å². The van der Waals surface area contributed by atoms with Gasteiger partial charge in [-0.15, -0.1) is 11.3 Å². The number of para-hydroxylation sites is 1. The lowest BCUT2D eigenvalue weighted by Gasteiger charge is -2.25. The maximum atomic E-state index is 13.8. The second-order valence-corrected chi connectivity index (χ2v) is 10.4. The number of aryl methyl sites for hydroxylation is 1. The molecular formula is C24H20ClN3O3S2. The van der Waals surface area contributed by atoms with Crippen LogP contribution in [0.1, 0.15) is 21.6 Å². The highest BCUT2D eigenvalue weighted by molar-refractivity contribution is 7.92. The highest BCUT2D eigenvalue weighted by atomic mass is 35.5. The molecule has 3 aromatic carbocycles. The van der Waals surface area contributed by atoms with Crippen molar-refractivity contribution in [3.63, 3.8) is 0 Å². The van der Waals surface area contributed by atoms with Crippen LogP contribution in [0.3, 0.4) is 0 Å². The van der Waals surface area contributed by atoms with Gasteiger partial charge in [-0.05, 0) is 42.8 Å². The molecule has 0 radical (unpaired) electrons. The van der Waals surface area contributed by atoms with E-state index in [4.69, 9.17) is 11.6 Å². The van der Waals surface area contributed by atoms with Gasteiger partial charge in [0.1, 0.15) is 0 Å². The minimum absolute atomic E-state index is 0.0127. The Bertz CT molecular complexity index is 1390. The van der Waals surface area contributed by atoms with Crippen LogP contribution in [0, 0.1) is 6.92 Å². The first kappa shape index (κ1) is 23.0. The lowest BCUT2D eigenvalue weighted by Crippen LogP contribution is -2.31. The number of nitrogens with one attached hydrogen (secondary N) is 1. The maximum Gasteiger partial charge on any atom is 0.264 e. The van der Waals surface area contributed by atoms with E-state index >= 15 is 0 Å². The van der Waals surface area contributed by atoms with E-state index in [2.05, 4.69) is 10.3 Å². The van der Waals surface area contributed by atoms with Gasteiger partial charge >= 0.3 is 0 Å². The van der Waals surface area contributed by atoms with E-state index in [1.54, 1.807) is 36.4 Å². The van der Waals surface area contributed by atoms with Crippen LogP contribution in [0.15, 0.2) is 89.1 Å². The van der Waals surface area contributed by atoms with Gasteiger partial charge in [-0.2, -0.15) is 0 Å². The summed E-state index contributed by atoms with van der Waals surface area (Å²) in [5, 5.41) is 5.29. The summed E-state index contributed by atoms with van der Waals surface area (Å²) in [6.45, 7) is 1.91. The van der Waals surface area contributed by atoms with Gasteiger partial charge in [0.05, 0.1) is 27.8 Å². The van der Waals surface area contributed by atoms with Crippen LogP contribution in [0.4, 0.5) is 10.8 Å². The molecule has 0 bridgehead atoms. The zero-order valence-corrected chi connectivity index (χ0v) is 20.0.